The molecule has 1 fully saturated rings. The molecule has 2 aromatic rings. The lowest BCUT2D eigenvalue weighted by Gasteiger charge is -2.13. The minimum absolute atomic E-state index is 0.776. The molecule has 1 atom stereocenters. The summed E-state index contributed by atoms with van der Waals surface area (Å²) in [5.41, 5.74) is 3.57. The van der Waals surface area contributed by atoms with E-state index < -0.39 is 0 Å². The fourth-order valence-corrected chi connectivity index (χ4v) is 3.71. The van der Waals surface area contributed by atoms with E-state index in [2.05, 4.69) is 53.3 Å². The number of hydrogen-bond acceptors (Lipinski definition) is 3. The first-order valence-electron chi connectivity index (χ1n) is 6.54. The smallest absolute Gasteiger partial charge is 0.0751 e. The lowest BCUT2D eigenvalue weighted by Crippen LogP contribution is -2.13. The Kier molecular flexibility index (Phi) is 3.41. The number of rotatable bonds is 3. The molecule has 2 nitrogen and oxygen atoms in total. The summed E-state index contributed by atoms with van der Waals surface area (Å²) in [7, 11) is 0. The molecule has 1 aliphatic heterocycles. The Morgan fingerprint density at radius 3 is 3.17 bits per heavy atom. The molecule has 1 aromatic heterocycles. The molecule has 3 heteroatoms. The Hall–Kier alpha value is -1.22. The highest BCUT2D eigenvalue weighted by Crippen LogP contribution is 2.28. The third kappa shape index (κ3) is 2.32. The van der Waals surface area contributed by atoms with Gasteiger partial charge in [-0.05, 0) is 37.1 Å². The molecule has 94 valence electrons. The molecule has 0 radical (unpaired) electrons. The number of aromatic nitrogens is 1. The van der Waals surface area contributed by atoms with Gasteiger partial charge in [0.05, 0.1) is 5.52 Å². The van der Waals surface area contributed by atoms with E-state index in [-0.39, 0.29) is 0 Å². The average molecular weight is 258 g/mol. The molecule has 1 N–H and O–H groups in total. The van der Waals surface area contributed by atoms with E-state index in [1.165, 1.54) is 35.2 Å². The summed E-state index contributed by atoms with van der Waals surface area (Å²) in [6.45, 7) is 3.18. The van der Waals surface area contributed by atoms with E-state index >= 15 is 0 Å². The van der Waals surface area contributed by atoms with Gasteiger partial charge >= 0.3 is 0 Å². The molecule has 1 saturated heterocycles. The van der Waals surface area contributed by atoms with Gasteiger partial charge in [0.2, 0.25) is 0 Å². The largest absolute Gasteiger partial charge is 0.383 e. The first-order valence-corrected chi connectivity index (χ1v) is 7.59. The number of fused-ring (bicyclic) bond motifs is 1. The van der Waals surface area contributed by atoms with Crippen LogP contribution in [0.15, 0.2) is 30.5 Å². The number of benzene rings is 1. The molecule has 0 saturated carbocycles. The quantitative estimate of drug-likeness (QED) is 0.905. The van der Waals surface area contributed by atoms with Gasteiger partial charge in [0.1, 0.15) is 0 Å². The molecule has 1 aliphatic rings. The third-order valence-electron chi connectivity index (χ3n) is 3.52. The monoisotopic (exact) mass is 258 g/mol. The normalized spacial score (nSPS) is 19.3. The molecule has 0 spiro atoms. The molecule has 18 heavy (non-hydrogen) atoms. The molecular weight excluding hydrogens is 240 g/mol. The lowest BCUT2D eigenvalue weighted by atomic mass is 10.1. The number of nitrogens with one attached hydrogen (secondary N) is 1. The second kappa shape index (κ2) is 5.19. The zero-order valence-corrected chi connectivity index (χ0v) is 11.5. The highest BCUT2D eigenvalue weighted by atomic mass is 32.2. The minimum atomic E-state index is 0.776. The maximum Gasteiger partial charge on any atom is 0.0751 e. The number of pyridine rings is 1. The molecule has 0 amide bonds. The number of anilines is 1. The second-order valence-electron chi connectivity index (χ2n) is 4.85. The van der Waals surface area contributed by atoms with Crippen LogP contribution in [0.25, 0.3) is 10.9 Å². The molecule has 1 unspecified atom stereocenters. The number of para-hydroxylation sites is 1. The van der Waals surface area contributed by atoms with Crippen LogP contribution in [0.4, 0.5) is 5.69 Å². The Morgan fingerprint density at radius 2 is 2.33 bits per heavy atom. The van der Waals surface area contributed by atoms with Crippen molar-refractivity contribution in [1.82, 2.24) is 4.98 Å². The van der Waals surface area contributed by atoms with Gasteiger partial charge in [0.25, 0.3) is 0 Å². The first kappa shape index (κ1) is 11.8. The maximum atomic E-state index is 4.48. The van der Waals surface area contributed by atoms with Crippen LogP contribution < -0.4 is 5.32 Å². The number of aryl methyl sites for hydroxylation is 1. The molecule has 0 bridgehead atoms. The number of hydrogen-bond donors (Lipinski definition) is 1. The van der Waals surface area contributed by atoms with E-state index in [1.54, 1.807) is 0 Å². The summed E-state index contributed by atoms with van der Waals surface area (Å²) in [5.74, 6) is 1.32. The molecular formula is C15H18N2S. The predicted octanol–water partition coefficient (Wildman–Crippen LogP) is 3.85. The first-order chi connectivity index (χ1) is 8.84. The Bertz CT molecular complexity index is 547. The maximum absolute atomic E-state index is 4.48. The molecule has 3 rings (SSSR count). The van der Waals surface area contributed by atoms with Crippen molar-refractivity contribution in [3.63, 3.8) is 0 Å². The highest BCUT2D eigenvalue weighted by molar-refractivity contribution is 8.00. The van der Waals surface area contributed by atoms with Crippen LogP contribution in [0.2, 0.25) is 0 Å². The Balaban J connectivity index is 1.85. The van der Waals surface area contributed by atoms with E-state index in [0.717, 1.165) is 17.3 Å². The second-order valence-corrected chi connectivity index (χ2v) is 6.25. The highest BCUT2D eigenvalue weighted by Gasteiger charge is 2.15. The zero-order valence-electron chi connectivity index (χ0n) is 10.6. The van der Waals surface area contributed by atoms with Gasteiger partial charge in [-0.2, -0.15) is 11.8 Å². The van der Waals surface area contributed by atoms with Gasteiger partial charge in [-0.1, -0.05) is 18.2 Å². The van der Waals surface area contributed by atoms with Gasteiger partial charge in [-0.25, -0.2) is 0 Å². The van der Waals surface area contributed by atoms with Crippen molar-refractivity contribution in [3.8, 4) is 0 Å². The predicted molar refractivity (Wildman–Crippen MR) is 80.4 cm³/mol. The summed E-state index contributed by atoms with van der Waals surface area (Å²) in [5, 5.41) is 5.61. The van der Waals surface area contributed by atoms with E-state index in [9.17, 15) is 0 Å². The molecule has 1 aromatic carbocycles. The van der Waals surface area contributed by atoms with Gasteiger partial charge < -0.3 is 5.32 Å². The van der Waals surface area contributed by atoms with Crippen molar-refractivity contribution in [2.45, 2.75) is 25.0 Å². The number of nitrogens with zero attached hydrogens (tertiary/aromatic N) is 1. The SMILES string of the molecule is Cc1cccc2c(NCC3CCCS3)ccnc12. The van der Waals surface area contributed by atoms with Crippen LogP contribution in [0.3, 0.4) is 0 Å². The van der Waals surface area contributed by atoms with E-state index in [0.29, 0.717) is 0 Å². The summed E-state index contributed by atoms with van der Waals surface area (Å²) in [4.78, 5) is 4.48. The fourth-order valence-electron chi connectivity index (χ4n) is 2.51. The average Bonchev–Trinajstić information content (AvgIpc) is 2.90. The zero-order chi connectivity index (χ0) is 12.4. The van der Waals surface area contributed by atoms with Crippen molar-refractivity contribution in [2.24, 2.45) is 0 Å². The summed E-state index contributed by atoms with van der Waals surface area (Å²) in [6.07, 6.45) is 4.62. The van der Waals surface area contributed by atoms with Gasteiger partial charge in [0, 0.05) is 29.1 Å². The van der Waals surface area contributed by atoms with Crippen LogP contribution in [-0.4, -0.2) is 22.5 Å². The van der Waals surface area contributed by atoms with Crippen molar-refractivity contribution in [1.29, 1.82) is 0 Å². The topological polar surface area (TPSA) is 24.9 Å². The fraction of sp³-hybridized carbons (Fsp3) is 0.400. The van der Waals surface area contributed by atoms with Crippen LogP contribution in [0.1, 0.15) is 18.4 Å². The molecule has 0 aliphatic carbocycles. The van der Waals surface area contributed by atoms with Crippen molar-refractivity contribution >= 4 is 28.4 Å². The summed E-state index contributed by atoms with van der Waals surface area (Å²) < 4.78 is 0. The van der Waals surface area contributed by atoms with E-state index in [1.807, 2.05) is 6.20 Å². The van der Waals surface area contributed by atoms with Crippen molar-refractivity contribution in [2.75, 3.05) is 17.6 Å². The van der Waals surface area contributed by atoms with Crippen molar-refractivity contribution in [3.05, 3.63) is 36.0 Å². The van der Waals surface area contributed by atoms with Crippen molar-refractivity contribution < 1.29 is 0 Å². The lowest BCUT2D eigenvalue weighted by molar-refractivity contribution is 0.806. The van der Waals surface area contributed by atoms with Gasteiger partial charge in [-0.15, -0.1) is 0 Å². The standard InChI is InChI=1S/C15H18N2S/c1-11-4-2-6-13-14(7-8-16-15(11)13)17-10-12-5-3-9-18-12/h2,4,6-8,12H,3,5,9-10H2,1H3,(H,16,17). The Morgan fingerprint density at radius 1 is 1.39 bits per heavy atom. The summed E-state index contributed by atoms with van der Waals surface area (Å²) >= 11 is 2.09. The third-order valence-corrected chi connectivity index (χ3v) is 4.92. The van der Waals surface area contributed by atoms with Gasteiger partial charge in [0.15, 0.2) is 0 Å². The van der Waals surface area contributed by atoms with Crippen LogP contribution in [-0.2, 0) is 0 Å². The van der Waals surface area contributed by atoms with E-state index in [4.69, 9.17) is 0 Å². The van der Waals surface area contributed by atoms with Crippen LogP contribution in [0, 0.1) is 6.92 Å². The summed E-state index contributed by atoms with van der Waals surface area (Å²) in [6, 6.07) is 8.46. The van der Waals surface area contributed by atoms with Gasteiger partial charge in [-0.3, -0.25) is 4.98 Å². The van der Waals surface area contributed by atoms with Crippen LogP contribution >= 0.6 is 11.8 Å². The molecule has 2 heterocycles. The Labute approximate surface area is 112 Å². The minimum Gasteiger partial charge on any atom is -0.383 e. The van der Waals surface area contributed by atoms with Crippen LogP contribution in [0.5, 0.6) is 0 Å². The number of thioether (sulfide) groups is 1.